The lowest BCUT2D eigenvalue weighted by Gasteiger charge is -2.42. The monoisotopic (exact) mass is 401 g/mol. The number of oxime groups is 1. The van der Waals surface area contributed by atoms with Crippen molar-refractivity contribution in [1.82, 2.24) is 0 Å². The Bertz CT molecular complexity index is 978. The van der Waals surface area contributed by atoms with Gasteiger partial charge in [0.2, 0.25) is 0 Å². The molecule has 156 valence electrons. The number of rotatable bonds is 4. The molecule has 0 saturated heterocycles. The number of benzene rings is 2. The fraction of sp³-hybridized carbons (Fsp3) is 0.458. The first kappa shape index (κ1) is 21.3. The molecule has 5 heteroatoms. The number of hydrogen-bond acceptors (Lipinski definition) is 3. The number of nitrogens with zero attached hydrogens (tertiary/aromatic N) is 1. The van der Waals surface area contributed by atoms with Gasteiger partial charge in [-0.3, -0.25) is 0 Å². The summed E-state index contributed by atoms with van der Waals surface area (Å²) in [6.45, 7) is 12.7. The van der Waals surface area contributed by atoms with Crippen molar-refractivity contribution in [3.63, 3.8) is 0 Å². The predicted octanol–water partition coefficient (Wildman–Crippen LogP) is 6.50. The van der Waals surface area contributed by atoms with Crippen LogP contribution >= 0.6 is 0 Å². The summed E-state index contributed by atoms with van der Waals surface area (Å²) in [6, 6.07) is 5.08. The molecule has 0 fully saturated rings. The van der Waals surface area contributed by atoms with E-state index in [9.17, 15) is 4.39 Å². The second-order valence-electron chi connectivity index (χ2n) is 9.12. The number of halogens is 2. The van der Waals surface area contributed by atoms with Crippen molar-refractivity contribution in [2.24, 2.45) is 5.16 Å². The fourth-order valence-electron chi connectivity index (χ4n) is 4.30. The minimum absolute atomic E-state index is 0.0199. The Morgan fingerprint density at radius 3 is 2.21 bits per heavy atom. The van der Waals surface area contributed by atoms with Crippen LogP contribution in [0.5, 0.6) is 5.75 Å². The van der Waals surface area contributed by atoms with E-state index in [2.05, 4.69) is 38.9 Å². The van der Waals surface area contributed by atoms with Crippen molar-refractivity contribution >= 4 is 6.21 Å². The van der Waals surface area contributed by atoms with Crippen LogP contribution in [0, 0.1) is 18.6 Å². The molecule has 0 aliphatic heterocycles. The quantitative estimate of drug-likeness (QED) is 0.361. The van der Waals surface area contributed by atoms with Crippen LogP contribution in [-0.4, -0.2) is 18.0 Å². The zero-order valence-corrected chi connectivity index (χ0v) is 18.0. The summed E-state index contributed by atoms with van der Waals surface area (Å²) < 4.78 is 35.7. The van der Waals surface area contributed by atoms with Gasteiger partial charge in [0.15, 0.2) is 11.6 Å². The summed E-state index contributed by atoms with van der Waals surface area (Å²) in [5.74, 6) is -1.46. The van der Waals surface area contributed by atoms with Gasteiger partial charge >= 0.3 is 0 Å². The van der Waals surface area contributed by atoms with Gasteiger partial charge in [-0.25, -0.2) is 8.78 Å². The summed E-state index contributed by atoms with van der Waals surface area (Å²) in [4.78, 5) is 0. The molecule has 0 aromatic heterocycles. The van der Waals surface area contributed by atoms with Gasteiger partial charge in [-0.1, -0.05) is 38.9 Å². The summed E-state index contributed by atoms with van der Waals surface area (Å²) >= 11 is 0. The average Bonchev–Trinajstić information content (AvgIpc) is 2.64. The molecule has 0 bridgehead atoms. The van der Waals surface area contributed by atoms with E-state index in [-0.39, 0.29) is 34.3 Å². The molecule has 1 N–H and O–H groups in total. The van der Waals surface area contributed by atoms with Crippen molar-refractivity contribution in [1.29, 1.82) is 0 Å². The van der Waals surface area contributed by atoms with Crippen LogP contribution in [0.15, 0.2) is 23.4 Å². The molecule has 2 aromatic rings. The molecule has 0 spiro atoms. The molecule has 1 aliphatic rings. The molecule has 0 unspecified atom stereocenters. The molecule has 0 heterocycles. The standard InChI is InChI=1S/C24H29F2NO2/c1-7-29-22-19(25)11-15(13-27-28)21(26)20(22)16-12-18-17(10-14(16)2)23(3,4)8-9-24(18,5)6/h10-13,28H,7-9H2,1-6H3/b27-13+. The highest BCUT2D eigenvalue weighted by Crippen LogP contribution is 2.49. The zero-order chi connectivity index (χ0) is 21.6. The Hall–Kier alpha value is -2.43. The Labute approximate surface area is 171 Å². The van der Waals surface area contributed by atoms with Crippen LogP contribution in [0.3, 0.4) is 0 Å². The van der Waals surface area contributed by atoms with E-state index in [0.29, 0.717) is 5.56 Å². The van der Waals surface area contributed by atoms with Gasteiger partial charge in [-0.05, 0) is 71.9 Å². The minimum Gasteiger partial charge on any atom is -0.490 e. The maximum atomic E-state index is 15.4. The third kappa shape index (κ3) is 3.63. The summed E-state index contributed by atoms with van der Waals surface area (Å²) in [7, 11) is 0. The van der Waals surface area contributed by atoms with Crippen LogP contribution in [0.4, 0.5) is 8.78 Å². The van der Waals surface area contributed by atoms with Crippen LogP contribution in [0.25, 0.3) is 11.1 Å². The van der Waals surface area contributed by atoms with E-state index in [1.807, 2.05) is 13.0 Å². The van der Waals surface area contributed by atoms with E-state index in [4.69, 9.17) is 9.94 Å². The number of ether oxygens (including phenoxy) is 1. The summed E-state index contributed by atoms with van der Waals surface area (Å²) in [5.41, 5.74) is 3.75. The summed E-state index contributed by atoms with van der Waals surface area (Å²) in [5, 5.41) is 11.7. The van der Waals surface area contributed by atoms with Crippen LogP contribution in [0.2, 0.25) is 0 Å². The topological polar surface area (TPSA) is 41.8 Å². The Morgan fingerprint density at radius 2 is 1.66 bits per heavy atom. The first-order chi connectivity index (χ1) is 13.5. The van der Waals surface area contributed by atoms with Crippen LogP contribution in [0.1, 0.15) is 69.7 Å². The number of hydrogen-bond donors (Lipinski definition) is 1. The molecule has 0 saturated carbocycles. The molecule has 29 heavy (non-hydrogen) atoms. The molecule has 3 nitrogen and oxygen atoms in total. The van der Waals surface area contributed by atoms with Gasteiger partial charge in [-0.15, -0.1) is 0 Å². The molecule has 0 amide bonds. The number of aryl methyl sites for hydroxylation is 1. The molecule has 3 rings (SSSR count). The van der Waals surface area contributed by atoms with Gasteiger partial charge in [0.1, 0.15) is 5.82 Å². The predicted molar refractivity (Wildman–Crippen MR) is 112 cm³/mol. The van der Waals surface area contributed by atoms with Gasteiger partial charge in [0.05, 0.1) is 18.4 Å². The maximum Gasteiger partial charge on any atom is 0.166 e. The van der Waals surface area contributed by atoms with Crippen molar-refractivity contribution < 1.29 is 18.7 Å². The highest BCUT2D eigenvalue weighted by atomic mass is 19.1. The third-order valence-corrected chi connectivity index (χ3v) is 6.15. The Morgan fingerprint density at radius 1 is 1.07 bits per heavy atom. The average molecular weight is 401 g/mol. The van der Waals surface area contributed by atoms with Gasteiger partial charge < -0.3 is 9.94 Å². The first-order valence-electron chi connectivity index (χ1n) is 10.0. The molecular weight excluding hydrogens is 372 g/mol. The molecule has 2 aromatic carbocycles. The highest BCUT2D eigenvalue weighted by molar-refractivity contribution is 5.86. The molecule has 0 atom stereocenters. The van der Waals surface area contributed by atoms with E-state index in [1.165, 1.54) is 5.56 Å². The molecule has 1 aliphatic carbocycles. The third-order valence-electron chi connectivity index (χ3n) is 6.15. The van der Waals surface area contributed by atoms with E-state index >= 15 is 4.39 Å². The lowest BCUT2D eigenvalue weighted by atomic mass is 9.62. The SMILES string of the molecule is CCOc1c(F)cc(/C=N/O)c(F)c1-c1cc2c(cc1C)C(C)(C)CCC2(C)C. The van der Waals surface area contributed by atoms with Crippen LogP contribution < -0.4 is 4.74 Å². The number of fused-ring (bicyclic) bond motifs is 1. The first-order valence-corrected chi connectivity index (χ1v) is 10.0. The molecular formula is C24H29F2NO2. The second kappa shape index (κ2) is 7.43. The smallest absolute Gasteiger partial charge is 0.166 e. The Kier molecular flexibility index (Phi) is 5.46. The zero-order valence-electron chi connectivity index (χ0n) is 18.0. The lowest BCUT2D eigenvalue weighted by Crippen LogP contribution is -2.34. The fourth-order valence-corrected chi connectivity index (χ4v) is 4.30. The van der Waals surface area contributed by atoms with Crippen molar-refractivity contribution in [3.05, 3.63) is 52.1 Å². The largest absolute Gasteiger partial charge is 0.490 e. The Balaban J connectivity index is 2.37. The van der Waals surface area contributed by atoms with Crippen molar-refractivity contribution in [2.45, 2.75) is 65.2 Å². The summed E-state index contributed by atoms with van der Waals surface area (Å²) in [6.07, 6.45) is 2.99. The van der Waals surface area contributed by atoms with E-state index < -0.39 is 11.6 Å². The van der Waals surface area contributed by atoms with E-state index in [1.54, 1.807) is 6.92 Å². The normalized spacial score (nSPS) is 17.4. The van der Waals surface area contributed by atoms with Crippen molar-refractivity contribution in [3.8, 4) is 16.9 Å². The van der Waals surface area contributed by atoms with Gasteiger partial charge in [-0.2, -0.15) is 0 Å². The highest BCUT2D eigenvalue weighted by Gasteiger charge is 2.38. The molecule has 0 radical (unpaired) electrons. The van der Waals surface area contributed by atoms with Gasteiger partial charge in [0, 0.05) is 5.56 Å². The van der Waals surface area contributed by atoms with Crippen LogP contribution in [-0.2, 0) is 10.8 Å². The minimum atomic E-state index is -0.685. The maximum absolute atomic E-state index is 15.4. The second-order valence-corrected chi connectivity index (χ2v) is 9.12. The van der Waals surface area contributed by atoms with Crippen molar-refractivity contribution in [2.75, 3.05) is 6.61 Å². The van der Waals surface area contributed by atoms with E-state index in [0.717, 1.165) is 36.2 Å². The van der Waals surface area contributed by atoms with Gasteiger partial charge in [0.25, 0.3) is 0 Å². The lowest BCUT2D eigenvalue weighted by molar-refractivity contribution is 0.319.